The number of amides is 1. The minimum Gasteiger partial charge on any atom is -0.378 e. The Bertz CT molecular complexity index is 684. The van der Waals surface area contributed by atoms with Crippen LogP contribution >= 0.6 is 0 Å². The van der Waals surface area contributed by atoms with E-state index in [1.807, 2.05) is 6.07 Å². The number of rotatable bonds is 5. The Hall–Kier alpha value is -2.53. The zero-order valence-electron chi connectivity index (χ0n) is 12.5. The lowest BCUT2D eigenvalue weighted by atomic mass is 10.1. The van der Waals surface area contributed by atoms with Crippen molar-refractivity contribution in [2.75, 3.05) is 0 Å². The molecule has 5 heteroatoms. The second-order valence-corrected chi connectivity index (χ2v) is 5.02. The van der Waals surface area contributed by atoms with Crippen LogP contribution in [0.3, 0.4) is 0 Å². The van der Waals surface area contributed by atoms with Crippen molar-refractivity contribution >= 4 is 11.7 Å². The van der Waals surface area contributed by atoms with Crippen LogP contribution in [0.4, 0.5) is 0 Å². The predicted molar refractivity (Wildman–Crippen MR) is 82.2 cm³/mol. The van der Waals surface area contributed by atoms with Crippen molar-refractivity contribution in [3.63, 3.8) is 0 Å². The van der Waals surface area contributed by atoms with Crippen LogP contribution in [0, 0.1) is 6.92 Å². The Morgan fingerprint density at radius 1 is 1.18 bits per heavy atom. The molecule has 0 saturated heterocycles. The van der Waals surface area contributed by atoms with Gasteiger partial charge in [0.15, 0.2) is 11.9 Å². The molecule has 114 valence electrons. The second-order valence-electron chi connectivity index (χ2n) is 5.02. The van der Waals surface area contributed by atoms with Gasteiger partial charge in [-0.1, -0.05) is 30.3 Å². The Morgan fingerprint density at radius 2 is 1.86 bits per heavy atom. The number of aliphatic hydroxyl groups is 1. The van der Waals surface area contributed by atoms with Gasteiger partial charge in [0.25, 0.3) is 5.91 Å². The average Bonchev–Trinajstić information content (AvgIpc) is 2.52. The Labute approximate surface area is 129 Å². The summed E-state index contributed by atoms with van der Waals surface area (Å²) in [5, 5.41) is 12.6. The number of pyridine rings is 1. The summed E-state index contributed by atoms with van der Waals surface area (Å²) in [6.07, 6.45) is -1.21. The molecule has 2 aromatic rings. The lowest BCUT2D eigenvalue weighted by Gasteiger charge is -2.12. The molecule has 0 unspecified atom stereocenters. The molecule has 1 amide bonds. The summed E-state index contributed by atoms with van der Waals surface area (Å²) in [6, 6.07) is 12.1. The SMILES string of the molecule is CC(=O)c1ccc(CNC(=O)[C@H](O)c2ccccc2)nc1C. The van der Waals surface area contributed by atoms with E-state index in [2.05, 4.69) is 10.3 Å². The molecular formula is C17H18N2O3. The van der Waals surface area contributed by atoms with Gasteiger partial charge in [-0.25, -0.2) is 0 Å². The molecule has 0 aliphatic carbocycles. The quantitative estimate of drug-likeness (QED) is 0.827. The Kier molecular flexibility index (Phi) is 5.01. The summed E-state index contributed by atoms with van der Waals surface area (Å²) in [5.41, 5.74) is 2.37. The Balaban J connectivity index is 1.99. The van der Waals surface area contributed by atoms with Crippen LogP contribution < -0.4 is 5.32 Å². The highest BCUT2D eigenvalue weighted by molar-refractivity contribution is 5.95. The smallest absolute Gasteiger partial charge is 0.253 e. The maximum atomic E-state index is 11.9. The number of Topliss-reactive ketones (excluding diaryl/α,β-unsaturated/α-hetero) is 1. The van der Waals surface area contributed by atoms with E-state index in [0.29, 0.717) is 22.5 Å². The maximum absolute atomic E-state index is 11.9. The predicted octanol–water partition coefficient (Wildman–Crippen LogP) is 1.94. The largest absolute Gasteiger partial charge is 0.378 e. The van der Waals surface area contributed by atoms with Crippen LogP contribution in [0.25, 0.3) is 0 Å². The van der Waals surface area contributed by atoms with Crippen molar-refractivity contribution in [3.8, 4) is 0 Å². The van der Waals surface area contributed by atoms with Gasteiger partial charge in [0.1, 0.15) is 0 Å². The average molecular weight is 298 g/mol. The number of carbonyl (C=O) groups is 2. The lowest BCUT2D eigenvalue weighted by molar-refractivity contribution is -0.129. The fourth-order valence-electron chi connectivity index (χ4n) is 2.14. The summed E-state index contributed by atoms with van der Waals surface area (Å²) >= 11 is 0. The lowest BCUT2D eigenvalue weighted by Crippen LogP contribution is -2.29. The Morgan fingerprint density at radius 3 is 2.45 bits per heavy atom. The van der Waals surface area contributed by atoms with Crippen molar-refractivity contribution in [2.24, 2.45) is 0 Å². The molecule has 1 heterocycles. The van der Waals surface area contributed by atoms with Crippen molar-refractivity contribution in [3.05, 3.63) is 65.0 Å². The number of aliphatic hydroxyl groups excluding tert-OH is 1. The molecule has 1 atom stereocenters. The van der Waals surface area contributed by atoms with Gasteiger partial charge >= 0.3 is 0 Å². The minimum absolute atomic E-state index is 0.0416. The highest BCUT2D eigenvalue weighted by atomic mass is 16.3. The molecule has 1 aromatic heterocycles. The summed E-state index contributed by atoms with van der Waals surface area (Å²) < 4.78 is 0. The molecule has 22 heavy (non-hydrogen) atoms. The van der Waals surface area contributed by atoms with Crippen molar-refractivity contribution in [2.45, 2.75) is 26.5 Å². The number of aryl methyl sites for hydroxylation is 1. The molecular weight excluding hydrogens is 280 g/mol. The number of aromatic nitrogens is 1. The van der Waals surface area contributed by atoms with Crippen LogP contribution in [0.1, 0.15) is 40.3 Å². The maximum Gasteiger partial charge on any atom is 0.253 e. The normalized spacial score (nSPS) is 11.8. The molecule has 2 N–H and O–H groups in total. The molecule has 0 radical (unpaired) electrons. The molecule has 1 aromatic carbocycles. The molecule has 0 aliphatic heterocycles. The summed E-state index contributed by atoms with van der Waals surface area (Å²) in [5.74, 6) is -0.526. The number of ketones is 1. The number of benzene rings is 1. The van der Waals surface area contributed by atoms with Gasteiger partial charge in [0, 0.05) is 11.3 Å². The van der Waals surface area contributed by atoms with E-state index < -0.39 is 12.0 Å². The van der Waals surface area contributed by atoms with E-state index in [1.54, 1.807) is 43.3 Å². The first-order valence-electron chi connectivity index (χ1n) is 6.97. The first-order valence-corrected chi connectivity index (χ1v) is 6.97. The third-order valence-electron chi connectivity index (χ3n) is 3.33. The van der Waals surface area contributed by atoms with E-state index in [4.69, 9.17) is 0 Å². The fraction of sp³-hybridized carbons (Fsp3) is 0.235. The van der Waals surface area contributed by atoms with E-state index >= 15 is 0 Å². The van der Waals surface area contributed by atoms with Gasteiger partial charge in [-0.2, -0.15) is 0 Å². The first kappa shape index (κ1) is 15.9. The van der Waals surface area contributed by atoms with E-state index in [9.17, 15) is 14.7 Å². The summed E-state index contributed by atoms with van der Waals surface area (Å²) in [6.45, 7) is 3.43. The number of nitrogens with one attached hydrogen (secondary N) is 1. The van der Waals surface area contributed by atoms with Crippen molar-refractivity contribution in [1.29, 1.82) is 0 Å². The van der Waals surface area contributed by atoms with E-state index in [1.165, 1.54) is 6.92 Å². The standard InChI is InChI=1S/C17H18N2O3/c1-11-15(12(2)20)9-8-14(19-11)10-18-17(22)16(21)13-6-4-3-5-7-13/h3-9,16,21H,10H2,1-2H3,(H,18,22)/t16-/m1/s1. The number of hydrogen-bond donors (Lipinski definition) is 2. The topological polar surface area (TPSA) is 79.3 Å². The van der Waals surface area contributed by atoms with Crippen LogP contribution in [0.2, 0.25) is 0 Å². The van der Waals surface area contributed by atoms with E-state index in [0.717, 1.165) is 0 Å². The fourth-order valence-corrected chi connectivity index (χ4v) is 2.14. The van der Waals surface area contributed by atoms with Crippen molar-refractivity contribution < 1.29 is 14.7 Å². The molecule has 0 aliphatic rings. The summed E-state index contributed by atoms with van der Waals surface area (Å²) in [7, 11) is 0. The van der Waals surface area contributed by atoms with Gasteiger partial charge in [0.05, 0.1) is 12.2 Å². The van der Waals surface area contributed by atoms with Crippen molar-refractivity contribution in [1.82, 2.24) is 10.3 Å². The number of nitrogens with zero attached hydrogens (tertiary/aromatic N) is 1. The molecule has 2 rings (SSSR count). The van der Waals surface area contributed by atoms with E-state index in [-0.39, 0.29) is 12.3 Å². The third kappa shape index (κ3) is 3.77. The van der Waals surface area contributed by atoms with Gasteiger partial charge in [-0.3, -0.25) is 14.6 Å². The number of carbonyl (C=O) groups excluding carboxylic acids is 2. The molecule has 5 nitrogen and oxygen atoms in total. The monoisotopic (exact) mass is 298 g/mol. The minimum atomic E-state index is -1.21. The molecule has 0 fully saturated rings. The van der Waals surface area contributed by atoms with Crippen LogP contribution in [-0.4, -0.2) is 21.8 Å². The van der Waals surface area contributed by atoms with Gasteiger partial charge < -0.3 is 10.4 Å². The third-order valence-corrected chi connectivity index (χ3v) is 3.33. The molecule has 0 spiro atoms. The zero-order valence-corrected chi connectivity index (χ0v) is 12.5. The summed E-state index contributed by atoms with van der Waals surface area (Å²) in [4.78, 5) is 27.6. The molecule has 0 saturated carbocycles. The van der Waals surface area contributed by atoms with Crippen LogP contribution in [-0.2, 0) is 11.3 Å². The highest BCUT2D eigenvalue weighted by Gasteiger charge is 2.16. The van der Waals surface area contributed by atoms with Crippen LogP contribution in [0.5, 0.6) is 0 Å². The van der Waals surface area contributed by atoms with Gasteiger partial charge in [-0.05, 0) is 31.5 Å². The van der Waals surface area contributed by atoms with Crippen LogP contribution in [0.15, 0.2) is 42.5 Å². The first-order chi connectivity index (χ1) is 10.5. The molecule has 0 bridgehead atoms. The van der Waals surface area contributed by atoms with Gasteiger partial charge in [-0.15, -0.1) is 0 Å². The second kappa shape index (κ2) is 6.95. The highest BCUT2D eigenvalue weighted by Crippen LogP contribution is 2.12. The van der Waals surface area contributed by atoms with Gasteiger partial charge in [0.2, 0.25) is 0 Å². The zero-order chi connectivity index (χ0) is 16.1. The number of hydrogen-bond acceptors (Lipinski definition) is 4.